The average molecular weight is 356 g/mol. The maximum absolute atomic E-state index is 12.3. The number of benzene rings is 2. The van der Waals surface area contributed by atoms with Gasteiger partial charge in [0.15, 0.2) is 0 Å². The van der Waals surface area contributed by atoms with Crippen molar-refractivity contribution in [2.45, 2.75) is 24.0 Å². The van der Waals surface area contributed by atoms with E-state index < -0.39 is 30.0 Å². The van der Waals surface area contributed by atoms with Gasteiger partial charge in [-0.25, -0.2) is 0 Å². The lowest BCUT2D eigenvalue weighted by Crippen LogP contribution is -2.37. The number of esters is 1. The standard InChI is InChI=1S/C19H20N2O5/c1-25-14-10-8-13(9-11-14)16-18(21(23)24)15(12-6-4-3-5-7-12)17(20-16)19(22)26-2/h3-11,15-18,20H,1-2H3/t15?,16?,17-,18+/m0/s1. The van der Waals surface area contributed by atoms with Gasteiger partial charge in [-0.15, -0.1) is 0 Å². The van der Waals surface area contributed by atoms with E-state index in [0.717, 1.165) is 11.1 Å². The zero-order valence-electron chi connectivity index (χ0n) is 14.5. The Morgan fingerprint density at radius 3 is 2.23 bits per heavy atom. The van der Waals surface area contributed by atoms with Crippen LogP contribution >= 0.6 is 0 Å². The van der Waals surface area contributed by atoms with Crippen LogP contribution < -0.4 is 10.1 Å². The number of hydrogen-bond acceptors (Lipinski definition) is 6. The molecule has 0 aliphatic carbocycles. The van der Waals surface area contributed by atoms with E-state index in [-0.39, 0.29) is 4.92 Å². The van der Waals surface area contributed by atoms with Crippen LogP contribution in [0.3, 0.4) is 0 Å². The summed E-state index contributed by atoms with van der Waals surface area (Å²) in [6, 6.07) is 13.7. The molecule has 4 atom stereocenters. The maximum atomic E-state index is 12.3. The van der Waals surface area contributed by atoms with E-state index in [1.54, 1.807) is 55.6 Å². The average Bonchev–Trinajstić information content (AvgIpc) is 3.09. The van der Waals surface area contributed by atoms with Gasteiger partial charge in [-0.05, 0) is 23.3 Å². The minimum atomic E-state index is -1.00. The molecule has 2 unspecified atom stereocenters. The predicted octanol–water partition coefficient (Wildman–Crippen LogP) is 2.31. The summed E-state index contributed by atoms with van der Waals surface area (Å²) >= 11 is 0. The van der Waals surface area contributed by atoms with Crippen molar-refractivity contribution in [3.05, 3.63) is 75.8 Å². The van der Waals surface area contributed by atoms with Gasteiger partial charge in [0.2, 0.25) is 6.04 Å². The Morgan fingerprint density at radius 2 is 1.69 bits per heavy atom. The number of carbonyl (C=O) groups is 1. The van der Waals surface area contributed by atoms with Crippen LogP contribution in [0.1, 0.15) is 23.1 Å². The summed E-state index contributed by atoms with van der Waals surface area (Å²) in [5.41, 5.74) is 1.45. The molecular weight excluding hydrogens is 336 g/mol. The van der Waals surface area contributed by atoms with Crippen LogP contribution in [0.2, 0.25) is 0 Å². The van der Waals surface area contributed by atoms with Crippen molar-refractivity contribution in [1.82, 2.24) is 5.32 Å². The van der Waals surface area contributed by atoms with Crippen molar-refractivity contribution in [3.8, 4) is 5.75 Å². The quantitative estimate of drug-likeness (QED) is 0.502. The summed E-state index contributed by atoms with van der Waals surface area (Å²) in [5, 5.41) is 15.1. The lowest BCUT2D eigenvalue weighted by atomic mass is 9.85. The second-order valence-corrected chi connectivity index (χ2v) is 6.13. The van der Waals surface area contributed by atoms with Crippen LogP contribution in [-0.4, -0.2) is 37.2 Å². The molecule has 0 saturated carbocycles. The number of rotatable bonds is 5. The van der Waals surface area contributed by atoms with Crippen molar-refractivity contribution in [3.63, 3.8) is 0 Å². The largest absolute Gasteiger partial charge is 0.497 e. The first-order valence-corrected chi connectivity index (χ1v) is 8.23. The number of methoxy groups -OCH3 is 2. The third-order valence-corrected chi connectivity index (χ3v) is 4.79. The van der Waals surface area contributed by atoms with Gasteiger partial charge < -0.3 is 9.47 Å². The summed E-state index contributed by atoms with van der Waals surface area (Å²) in [6.07, 6.45) is 0. The molecular formula is C19H20N2O5. The van der Waals surface area contributed by atoms with Crippen LogP contribution in [0.5, 0.6) is 5.75 Å². The number of ether oxygens (including phenoxy) is 2. The monoisotopic (exact) mass is 356 g/mol. The van der Waals surface area contributed by atoms with E-state index in [2.05, 4.69) is 5.32 Å². The van der Waals surface area contributed by atoms with E-state index in [1.807, 2.05) is 6.07 Å². The second-order valence-electron chi connectivity index (χ2n) is 6.13. The maximum Gasteiger partial charge on any atom is 0.323 e. The molecule has 1 saturated heterocycles. The zero-order chi connectivity index (χ0) is 18.7. The van der Waals surface area contributed by atoms with E-state index in [0.29, 0.717) is 5.75 Å². The highest BCUT2D eigenvalue weighted by Crippen LogP contribution is 2.40. The van der Waals surface area contributed by atoms with Gasteiger partial charge in [0.25, 0.3) is 0 Å². The molecule has 2 aromatic rings. The Kier molecular flexibility index (Phi) is 5.18. The van der Waals surface area contributed by atoms with Crippen molar-refractivity contribution in [2.24, 2.45) is 0 Å². The van der Waals surface area contributed by atoms with Crippen molar-refractivity contribution in [2.75, 3.05) is 14.2 Å². The number of nitro groups is 1. The zero-order valence-corrected chi connectivity index (χ0v) is 14.5. The summed E-state index contributed by atoms with van der Waals surface area (Å²) in [7, 11) is 2.84. The summed E-state index contributed by atoms with van der Waals surface area (Å²) in [5.74, 6) is -0.485. The van der Waals surface area contributed by atoms with E-state index in [9.17, 15) is 14.9 Å². The molecule has 1 N–H and O–H groups in total. The first-order valence-electron chi connectivity index (χ1n) is 8.23. The molecule has 0 radical (unpaired) electrons. The molecule has 1 fully saturated rings. The first-order chi connectivity index (χ1) is 12.6. The molecule has 0 aromatic heterocycles. The SMILES string of the molecule is COC(=O)[C@H]1NC(c2ccc(OC)cc2)[C@H]([N+](=O)[O-])C1c1ccccc1. The third-order valence-electron chi connectivity index (χ3n) is 4.79. The lowest BCUT2D eigenvalue weighted by molar-refractivity contribution is -0.527. The van der Waals surface area contributed by atoms with Crippen molar-refractivity contribution >= 4 is 5.97 Å². The number of carbonyl (C=O) groups excluding carboxylic acids is 1. The fourth-order valence-corrected chi connectivity index (χ4v) is 3.56. The Labute approximate surface area is 151 Å². The normalized spacial score (nSPS) is 24.8. The molecule has 0 amide bonds. The first kappa shape index (κ1) is 17.9. The van der Waals surface area contributed by atoms with Gasteiger partial charge in [0, 0.05) is 4.92 Å². The third kappa shape index (κ3) is 3.25. The highest BCUT2D eigenvalue weighted by molar-refractivity contribution is 5.78. The molecule has 26 heavy (non-hydrogen) atoms. The Morgan fingerprint density at radius 1 is 1.04 bits per heavy atom. The Balaban J connectivity index is 2.04. The predicted molar refractivity (Wildman–Crippen MR) is 94.6 cm³/mol. The number of nitrogens with one attached hydrogen (secondary N) is 1. The van der Waals surface area contributed by atoms with Crippen LogP contribution in [0.25, 0.3) is 0 Å². The van der Waals surface area contributed by atoms with Crippen molar-refractivity contribution < 1.29 is 19.2 Å². The molecule has 0 bridgehead atoms. The Hall–Kier alpha value is -2.93. The van der Waals surface area contributed by atoms with E-state index in [1.165, 1.54) is 7.11 Å². The fraction of sp³-hybridized carbons (Fsp3) is 0.316. The Bertz CT molecular complexity index is 778. The minimum absolute atomic E-state index is 0.317. The van der Waals surface area contributed by atoms with Gasteiger partial charge in [-0.2, -0.15) is 0 Å². The smallest absolute Gasteiger partial charge is 0.323 e. The molecule has 1 aliphatic heterocycles. The van der Waals surface area contributed by atoms with E-state index in [4.69, 9.17) is 9.47 Å². The molecule has 136 valence electrons. The highest BCUT2D eigenvalue weighted by Gasteiger charge is 2.54. The molecule has 2 aromatic carbocycles. The highest BCUT2D eigenvalue weighted by atomic mass is 16.6. The number of hydrogen-bond donors (Lipinski definition) is 1. The van der Waals surface area contributed by atoms with Crippen molar-refractivity contribution in [1.29, 1.82) is 0 Å². The minimum Gasteiger partial charge on any atom is -0.497 e. The van der Waals surface area contributed by atoms with Gasteiger partial charge in [-0.1, -0.05) is 42.5 Å². The van der Waals surface area contributed by atoms with Gasteiger partial charge in [0.1, 0.15) is 17.8 Å². The molecule has 3 rings (SSSR count). The summed E-state index contributed by atoms with van der Waals surface area (Å²) in [4.78, 5) is 23.9. The molecule has 0 spiro atoms. The van der Waals surface area contributed by atoms with E-state index >= 15 is 0 Å². The molecule has 7 heteroatoms. The summed E-state index contributed by atoms with van der Waals surface area (Å²) in [6.45, 7) is 0. The second kappa shape index (κ2) is 7.53. The van der Waals surface area contributed by atoms with Crippen LogP contribution in [-0.2, 0) is 9.53 Å². The van der Waals surface area contributed by atoms with Crippen LogP contribution in [0.15, 0.2) is 54.6 Å². The molecule has 1 aliphatic rings. The topological polar surface area (TPSA) is 90.7 Å². The lowest BCUT2D eigenvalue weighted by Gasteiger charge is -2.19. The van der Waals surface area contributed by atoms with Crippen LogP contribution in [0, 0.1) is 10.1 Å². The van der Waals surface area contributed by atoms with Gasteiger partial charge in [0.05, 0.1) is 20.1 Å². The molecule has 7 nitrogen and oxygen atoms in total. The fourth-order valence-electron chi connectivity index (χ4n) is 3.56. The molecule has 1 heterocycles. The van der Waals surface area contributed by atoms with Gasteiger partial charge in [-0.3, -0.25) is 20.2 Å². The van der Waals surface area contributed by atoms with Gasteiger partial charge >= 0.3 is 5.97 Å². The number of nitrogens with zero attached hydrogens (tertiary/aromatic N) is 1. The summed E-state index contributed by atoms with van der Waals surface area (Å²) < 4.78 is 10.0. The van der Waals surface area contributed by atoms with Crippen LogP contribution in [0.4, 0.5) is 0 Å².